The minimum absolute atomic E-state index is 0. The van der Waals surface area contributed by atoms with Crippen LogP contribution in [0, 0.1) is 5.92 Å². The quantitative estimate of drug-likeness (QED) is 0.826. The van der Waals surface area contributed by atoms with Crippen LogP contribution in [-0.4, -0.2) is 75.2 Å². The van der Waals surface area contributed by atoms with Crippen LogP contribution in [0.25, 0.3) is 0 Å². The maximum atomic E-state index is 12.5. The molecular formula is C14H28ClN3O2. The highest BCUT2D eigenvalue weighted by molar-refractivity contribution is 5.85. The van der Waals surface area contributed by atoms with E-state index in [0.29, 0.717) is 5.91 Å². The second-order valence-electron chi connectivity index (χ2n) is 5.56. The summed E-state index contributed by atoms with van der Waals surface area (Å²) in [5.74, 6) is 0.570. The lowest BCUT2D eigenvalue weighted by atomic mass is 9.98. The van der Waals surface area contributed by atoms with Crippen molar-refractivity contribution >= 4 is 18.3 Å². The van der Waals surface area contributed by atoms with Crippen molar-refractivity contribution in [2.45, 2.75) is 19.3 Å². The predicted molar refractivity (Wildman–Crippen MR) is 82.4 cm³/mol. The second-order valence-corrected chi connectivity index (χ2v) is 5.56. The Labute approximate surface area is 128 Å². The lowest BCUT2D eigenvalue weighted by molar-refractivity contribution is -0.135. The van der Waals surface area contributed by atoms with E-state index in [1.54, 1.807) is 7.11 Å². The largest absolute Gasteiger partial charge is 0.383 e. The van der Waals surface area contributed by atoms with Crippen LogP contribution in [0.2, 0.25) is 0 Å². The van der Waals surface area contributed by atoms with Crippen LogP contribution >= 0.6 is 12.4 Å². The number of methoxy groups -OCH3 is 1. The Morgan fingerprint density at radius 3 is 2.80 bits per heavy atom. The summed E-state index contributed by atoms with van der Waals surface area (Å²) in [4.78, 5) is 16.9. The smallest absolute Gasteiger partial charge is 0.227 e. The number of rotatable bonds is 4. The van der Waals surface area contributed by atoms with Gasteiger partial charge in [0.2, 0.25) is 5.91 Å². The third-order valence-corrected chi connectivity index (χ3v) is 4.16. The Balaban J connectivity index is 0.00000200. The number of nitrogens with zero attached hydrogens (tertiary/aromatic N) is 2. The van der Waals surface area contributed by atoms with Gasteiger partial charge in [0, 0.05) is 39.8 Å². The van der Waals surface area contributed by atoms with E-state index in [2.05, 4.69) is 15.1 Å². The van der Waals surface area contributed by atoms with Crippen molar-refractivity contribution in [3.05, 3.63) is 0 Å². The Kier molecular flexibility index (Phi) is 8.45. The van der Waals surface area contributed by atoms with Gasteiger partial charge in [-0.2, -0.15) is 0 Å². The molecule has 1 atom stereocenters. The van der Waals surface area contributed by atoms with Crippen molar-refractivity contribution in [1.29, 1.82) is 0 Å². The van der Waals surface area contributed by atoms with Crippen LogP contribution in [0.1, 0.15) is 19.3 Å². The van der Waals surface area contributed by atoms with Crippen LogP contribution in [0.4, 0.5) is 0 Å². The number of hydrogen-bond acceptors (Lipinski definition) is 4. The van der Waals surface area contributed by atoms with Crippen molar-refractivity contribution in [3.63, 3.8) is 0 Å². The molecule has 5 nitrogen and oxygen atoms in total. The van der Waals surface area contributed by atoms with Gasteiger partial charge in [-0.15, -0.1) is 12.4 Å². The zero-order valence-electron chi connectivity index (χ0n) is 12.5. The Morgan fingerprint density at radius 1 is 1.25 bits per heavy atom. The molecule has 0 unspecified atom stereocenters. The molecule has 1 amide bonds. The summed E-state index contributed by atoms with van der Waals surface area (Å²) in [7, 11) is 1.74. The van der Waals surface area contributed by atoms with E-state index in [1.807, 2.05) is 0 Å². The normalized spacial score (nSPS) is 24.9. The summed E-state index contributed by atoms with van der Waals surface area (Å²) in [6.07, 6.45) is 3.26. The van der Waals surface area contributed by atoms with Crippen molar-refractivity contribution in [2.75, 3.05) is 59.5 Å². The molecule has 2 aliphatic heterocycles. The van der Waals surface area contributed by atoms with E-state index in [-0.39, 0.29) is 18.3 Å². The second kappa shape index (κ2) is 9.55. The number of nitrogens with one attached hydrogen (secondary N) is 1. The van der Waals surface area contributed by atoms with Crippen molar-refractivity contribution in [3.8, 4) is 0 Å². The van der Waals surface area contributed by atoms with Gasteiger partial charge in [0.15, 0.2) is 0 Å². The van der Waals surface area contributed by atoms with Crippen LogP contribution in [-0.2, 0) is 9.53 Å². The summed E-state index contributed by atoms with van der Waals surface area (Å²) in [6, 6.07) is 0. The predicted octanol–water partition coefficient (Wildman–Crippen LogP) is 0.589. The van der Waals surface area contributed by atoms with E-state index in [4.69, 9.17) is 4.74 Å². The Hall–Kier alpha value is -0.360. The molecule has 2 heterocycles. The number of amides is 1. The number of carbonyl (C=O) groups excluding carboxylic acids is 1. The molecule has 1 N–H and O–H groups in total. The van der Waals surface area contributed by atoms with E-state index in [1.165, 1.54) is 0 Å². The van der Waals surface area contributed by atoms with E-state index < -0.39 is 0 Å². The third-order valence-electron chi connectivity index (χ3n) is 4.16. The topological polar surface area (TPSA) is 44.8 Å². The molecule has 2 aliphatic rings. The Bertz CT molecular complexity index is 286. The number of carbonyl (C=O) groups is 1. The molecule has 118 valence electrons. The van der Waals surface area contributed by atoms with Gasteiger partial charge in [0.05, 0.1) is 12.5 Å². The summed E-state index contributed by atoms with van der Waals surface area (Å²) < 4.78 is 5.12. The molecule has 0 saturated carbocycles. The average molecular weight is 306 g/mol. The third kappa shape index (κ3) is 5.20. The van der Waals surface area contributed by atoms with Crippen molar-refractivity contribution in [2.24, 2.45) is 5.92 Å². The molecule has 20 heavy (non-hydrogen) atoms. The summed E-state index contributed by atoms with van der Waals surface area (Å²) >= 11 is 0. The molecule has 0 aromatic heterocycles. The van der Waals surface area contributed by atoms with Crippen LogP contribution in [0.3, 0.4) is 0 Å². The average Bonchev–Trinajstić information content (AvgIpc) is 2.71. The molecule has 0 bridgehead atoms. The highest BCUT2D eigenvalue weighted by atomic mass is 35.5. The van der Waals surface area contributed by atoms with Crippen molar-refractivity contribution < 1.29 is 9.53 Å². The minimum Gasteiger partial charge on any atom is -0.383 e. The number of hydrogen-bond donors (Lipinski definition) is 1. The fourth-order valence-electron chi connectivity index (χ4n) is 2.96. The first kappa shape index (κ1) is 17.7. The molecule has 0 radical (unpaired) electrons. The zero-order chi connectivity index (χ0) is 13.5. The molecule has 2 saturated heterocycles. The lowest BCUT2D eigenvalue weighted by Crippen LogP contribution is -2.44. The SMILES string of the molecule is COCCN1CCCN(C(=O)[C@@H]2CCCNC2)CC1.Cl. The van der Waals surface area contributed by atoms with E-state index >= 15 is 0 Å². The minimum atomic E-state index is 0. The molecule has 0 aromatic carbocycles. The first-order valence-electron chi connectivity index (χ1n) is 7.52. The van der Waals surface area contributed by atoms with E-state index in [0.717, 1.165) is 71.7 Å². The van der Waals surface area contributed by atoms with Gasteiger partial charge in [-0.05, 0) is 32.4 Å². The van der Waals surface area contributed by atoms with Gasteiger partial charge >= 0.3 is 0 Å². The van der Waals surface area contributed by atoms with Gasteiger partial charge in [-0.1, -0.05) is 0 Å². The summed E-state index contributed by atoms with van der Waals surface area (Å²) in [5.41, 5.74) is 0. The first-order valence-corrected chi connectivity index (χ1v) is 7.52. The maximum absolute atomic E-state index is 12.5. The fourth-order valence-corrected chi connectivity index (χ4v) is 2.96. The molecular weight excluding hydrogens is 278 g/mol. The number of halogens is 1. The molecule has 2 fully saturated rings. The molecule has 0 aliphatic carbocycles. The standard InChI is InChI=1S/C14H27N3O2.ClH/c1-19-11-10-16-6-3-7-17(9-8-16)14(18)13-4-2-5-15-12-13;/h13,15H,2-12H2,1H3;1H/t13-;/m1./s1. The lowest BCUT2D eigenvalue weighted by Gasteiger charge is -2.29. The van der Waals surface area contributed by atoms with Gasteiger partial charge in [0.1, 0.15) is 0 Å². The zero-order valence-corrected chi connectivity index (χ0v) is 13.3. The Morgan fingerprint density at radius 2 is 2.10 bits per heavy atom. The molecule has 0 spiro atoms. The van der Waals surface area contributed by atoms with Gasteiger partial charge in [-0.3, -0.25) is 9.69 Å². The highest BCUT2D eigenvalue weighted by Crippen LogP contribution is 2.15. The first-order chi connectivity index (χ1) is 9.31. The molecule has 6 heteroatoms. The summed E-state index contributed by atoms with van der Waals surface area (Å²) in [5, 5.41) is 3.33. The fraction of sp³-hybridized carbons (Fsp3) is 0.929. The summed E-state index contributed by atoms with van der Waals surface area (Å²) in [6.45, 7) is 7.53. The van der Waals surface area contributed by atoms with Crippen molar-refractivity contribution in [1.82, 2.24) is 15.1 Å². The van der Waals surface area contributed by atoms with Gasteiger partial charge in [0.25, 0.3) is 0 Å². The van der Waals surface area contributed by atoms with Gasteiger partial charge in [-0.25, -0.2) is 0 Å². The number of piperidine rings is 1. The maximum Gasteiger partial charge on any atom is 0.227 e. The molecule has 0 aromatic rings. The highest BCUT2D eigenvalue weighted by Gasteiger charge is 2.27. The van der Waals surface area contributed by atoms with Crippen LogP contribution < -0.4 is 5.32 Å². The number of ether oxygens (including phenoxy) is 1. The van der Waals surface area contributed by atoms with Crippen LogP contribution in [0.5, 0.6) is 0 Å². The monoisotopic (exact) mass is 305 g/mol. The van der Waals surface area contributed by atoms with E-state index in [9.17, 15) is 4.79 Å². The van der Waals surface area contributed by atoms with Gasteiger partial charge < -0.3 is 15.0 Å². The van der Waals surface area contributed by atoms with Crippen LogP contribution in [0.15, 0.2) is 0 Å². The molecule has 2 rings (SSSR count).